The molecule has 1 aliphatic carbocycles. The third kappa shape index (κ3) is 3.19. The largest absolute Gasteiger partial charge is 0.478 e. The van der Waals surface area contributed by atoms with E-state index in [4.69, 9.17) is 5.11 Å². The number of sulfonamides is 1. The first-order chi connectivity index (χ1) is 9.41. The van der Waals surface area contributed by atoms with Crippen LogP contribution in [0.1, 0.15) is 36.0 Å². The van der Waals surface area contributed by atoms with Crippen LogP contribution in [0.5, 0.6) is 0 Å². The first-order valence-corrected chi connectivity index (χ1v) is 8.15. The molecule has 1 N–H and O–H groups in total. The number of aromatic carboxylic acids is 1. The van der Waals surface area contributed by atoms with E-state index >= 15 is 0 Å². The predicted octanol–water partition coefficient (Wildman–Crippen LogP) is 2.20. The Balaban J connectivity index is 2.20. The number of nitrogens with zero attached hydrogens (tertiary/aromatic N) is 1. The molecule has 0 aliphatic heterocycles. The summed E-state index contributed by atoms with van der Waals surface area (Å²) in [6.45, 7) is 0.500. The Morgan fingerprint density at radius 3 is 2.60 bits per heavy atom. The molecule has 0 unspecified atom stereocenters. The summed E-state index contributed by atoms with van der Waals surface area (Å²) in [4.78, 5) is 11.0. The van der Waals surface area contributed by atoms with E-state index in [2.05, 4.69) is 0 Å². The van der Waals surface area contributed by atoms with Crippen LogP contribution in [0.4, 0.5) is 0 Å². The normalized spacial score (nSPS) is 16.7. The zero-order chi connectivity index (χ0) is 14.8. The Morgan fingerprint density at radius 1 is 1.35 bits per heavy atom. The van der Waals surface area contributed by atoms with Gasteiger partial charge in [0.15, 0.2) is 0 Å². The molecular formula is C14H19NO4S. The Kier molecular flexibility index (Phi) is 4.45. The molecule has 0 heterocycles. The van der Waals surface area contributed by atoms with Crippen LogP contribution in [0, 0.1) is 5.92 Å². The lowest BCUT2D eigenvalue weighted by Crippen LogP contribution is -2.31. The maximum atomic E-state index is 12.4. The van der Waals surface area contributed by atoms with Crippen molar-refractivity contribution >= 4 is 16.0 Å². The van der Waals surface area contributed by atoms with Gasteiger partial charge in [-0.3, -0.25) is 0 Å². The Hall–Kier alpha value is -1.40. The summed E-state index contributed by atoms with van der Waals surface area (Å²) in [5.74, 6) is -0.710. The van der Waals surface area contributed by atoms with Crippen LogP contribution in [0.3, 0.4) is 0 Å². The van der Waals surface area contributed by atoms with E-state index < -0.39 is 16.0 Å². The van der Waals surface area contributed by atoms with Crippen molar-refractivity contribution in [2.45, 2.75) is 30.6 Å². The summed E-state index contributed by atoms with van der Waals surface area (Å²) in [6.07, 6.45) is 4.45. The molecule has 5 nitrogen and oxygen atoms in total. The van der Waals surface area contributed by atoms with Crippen LogP contribution < -0.4 is 0 Å². The standard InChI is InChI=1S/C14H19NO4S/c1-15(10-11-5-2-3-6-11)20(18,19)13-8-4-7-12(9-13)14(16)17/h4,7-9,11H,2-3,5-6,10H2,1H3,(H,16,17). The molecule has 1 fully saturated rings. The molecule has 0 radical (unpaired) electrons. The van der Waals surface area contributed by atoms with Gasteiger partial charge in [0.05, 0.1) is 10.5 Å². The van der Waals surface area contributed by atoms with E-state index in [-0.39, 0.29) is 10.5 Å². The van der Waals surface area contributed by atoms with Crippen LogP contribution in [-0.4, -0.2) is 37.4 Å². The molecule has 6 heteroatoms. The number of carboxylic acid groups (broad SMARTS) is 1. The molecule has 1 saturated carbocycles. The minimum absolute atomic E-state index is 0.0136. The maximum absolute atomic E-state index is 12.4. The quantitative estimate of drug-likeness (QED) is 0.904. The van der Waals surface area contributed by atoms with Gasteiger partial charge in [0.2, 0.25) is 10.0 Å². The topological polar surface area (TPSA) is 74.7 Å². The maximum Gasteiger partial charge on any atom is 0.335 e. The highest BCUT2D eigenvalue weighted by molar-refractivity contribution is 7.89. The second kappa shape index (κ2) is 5.93. The van der Waals surface area contributed by atoms with Crippen molar-refractivity contribution in [3.8, 4) is 0 Å². The minimum Gasteiger partial charge on any atom is -0.478 e. The molecule has 1 aliphatic rings. The summed E-state index contributed by atoms with van der Waals surface area (Å²) in [7, 11) is -2.06. The summed E-state index contributed by atoms with van der Waals surface area (Å²) >= 11 is 0. The lowest BCUT2D eigenvalue weighted by molar-refractivity contribution is 0.0696. The number of hydrogen-bond donors (Lipinski definition) is 1. The first-order valence-electron chi connectivity index (χ1n) is 6.71. The molecule has 0 bridgehead atoms. The summed E-state index contributed by atoms with van der Waals surface area (Å²) in [5.41, 5.74) is -0.0136. The number of rotatable bonds is 5. The summed E-state index contributed by atoms with van der Waals surface area (Å²) in [5, 5.41) is 8.93. The van der Waals surface area contributed by atoms with E-state index in [9.17, 15) is 13.2 Å². The fourth-order valence-electron chi connectivity index (χ4n) is 2.62. The molecule has 1 aromatic rings. The second-order valence-corrected chi connectivity index (χ2v) is 7.31. The van der Waals surface area contributed by atoms with Gasteiger partial charge < -0.3 is 5.11 Å². The van der Waals surface area contributed by atoms with Crippen LogP contribution in [-0.2, 0) is 10.0 Å². The van der Waals surface area contributed by atoms with E-state index in [1.807, 2.05) is 0 Å². The van der Waals surface area contributed by atoms with E-state index in [1.165, 1.54) is 28.6 Å². The number of carbonyl (C=O) groups is 1. The third-order valence-electron chi connectivity index (χ3n) is 3.78. The van der Waals surface area contributed by atoms with Crippen LogP contribution >= 0.6 is 0 Å². The third-order valence-corrected chi connectivity index (χ3v) is 5.60. The SMILES string of the molecule is CN(CC1CCCC1)S(=O)(=O)c1cccc(C(=O)O)c1. The van der Waals surface area contributed by atoms with Crippen molar-refractivity contribution in [1.82, 2.24) is 4.31 Å². The van der Waals surface area contributed by atoms with Crippen LogP contribution in [0.25, 0.3) is 0 Å². The van der Waals surface area contributed by atoms with Crippen LogP contribution in [0.15, 0.2) is 29.2 Å². The summed E-state index contributed by atoms with van der Waals surface area (Å²) in [6, 6.07) is 5.49. The first kappa shape index (κ1) is 15.0. The highest BCUT2D eigenvalue weighted by Gasteiger charge is 2.26. The van der Waals surface area contributed by atoms with E-state index in [0.29, 0.717) is 12.5 Å². The fourth-order valence-corrected chi connectivity index (χ4v) is 3.92. The minimum atomic E-state index is -3.61. The Bertz CT molecular complexity index is 591. The molecule has 110 valence electrons. The average molecular weight is 297 g/mol. The molecule has 0 spiro atoms. The zero-order valence-electron chi connectivity index (χ0n) is 11.4. The smallest absolute Gasteiger partial charge is 0.335 e. The van der Waals surface area contributed by atoms with Gasteiger partial charge >= 0.3 is 5.97 Å². The monoisotopic (exact) mass is 297 g/mol. The molecule has 0 amide bonds. The molecule has 0 atom stereocenters. The lowest BCUT2D eigenvalue weighted by Gasteiger charge is -2.20. The molecule has 0 saturated heterocycles. The van der Waals surface area contributed by atoms with Gasteiger partial charge in [0.25, 0.3) is 0 Å². The van der Waals surface area contributed by atoms with Gasteiger partial charge in [-0.15, -0.1) is 0 Å². The van der Waals surface area contributed by atoms with E-state index in [1.54, 1.807) is 7.05 Å². The van der Waals surface area contributed by atoms with Crippen LogP contribution in [0.2, 0.25) is 0 Å². The zero-order valence-corrected chi connectivity index (χ0v) is 12.3. The van der Waals surface area contributed by atoms with Gasteiger partial charge in [0.1, 0.15) is 0 Å². The van der Waals surface area contributed by atoms with Crippen molar-refractivity contribution in [3.05, 3.63) is 29.8 Å². The molecule has 20 heavy (non-hydrogen) atoms. The van der Waals surface area contributed by atoms with Crippen molar-refractivity contribution in [3.63, 3.8) is 0 Å². The van der Waals surface area contributed by atoms with Gasteiger partial charge in [-0.05, 0) is 37.0 Å². The molecule has 1 aromatic carbocycles. The number of benzene rings is 1. The second-order valence-electron chi connectivity index (χ2n) is 5.27. The van der Waals surface area contributed by atoms with Crippen molar-refractivity contribution in [1.29, 1.82) is 0 Å². The molecular weight excluding hydrogens is 278 g/mol. The average Bonchev–Trinajstić information content (AvgIpc) is 2.91. The number of hydrogen-bond acceptors (Lipinski definition) is 3. The van der Waals surface area contributed by atoms with Gasteiger partial charge in [-0.1, -0.05) is 18.9 Å². The van der Waals surface area contributed by atoms with Crippen molar-refractivity contribution in [2.75, 3.05) is 13.6 Å². The van der Waals surface area contributed by atoms with Crippen molar-refractivity contribution in [2.24, 2.45) is 5.92 Å². The number of carboxylic acids is 1. The summed E-state index contributed by atoms with van der Waals surface area (Å²) < 4.78 is 26.2. The molecule has 2 rings (SSSR count). The van der Waals surface area contributed by atoms with E-state index in [0.717, 1.165) is 25.7 Å². The molecule has 0 aromatic heterocycles. The fraction of sp³-hybridized carbons (Fsp3) is 0.500. The lowest BCUT2D eigenvalue weighted by atomic mass is 10.1. The highest BCUT2D eigenvalue weighted by atomic mass is 32.2. The Labute approximate surface area is 119 Å². The predicted molar refractivity (Wildman–Crippen MR) is 75.2 cm³/mol. The van der Waals surface area contributed by atoms with Gasteiger partial charge in [-0.25, -0.2) is 17.5 Å². The van der Waals surface area contributed by atoms with Crippen molar-refractivity contribution < 1.29 is 18.3 Å². The van der Waals surface area contributed by atoms with Gasteiger partial charge in [-0.2, -0.15) is 0 Å². The van der Waals surface area contributed by atoms with Gasteiger partial charge in [0, 0.05) is 13.6 Å². The Morgan fingerprint density at radius 2 is 2.00 bits per heavy atom. The highest BCUT2D eigenvalue weighted by Crippen LogP contribution is 2.27.